The molecule has 1 amide bonds. The topological polar surface area (TPSA) is 29.1 Å². The molecule has 0 aromatic heterocycles. The average molecular weight is 296 g/mol. The molecule has 0 aliphatic heterocycles. The Kier molecular flexibility index (Phi) is 7.68. The Morgan fingerprint density at radius 3 is 2.55 bits per heavy atom. The molecule has 0 spiro atoms. The Hall–Kier alpha value is -1.02. The smallest absolute Gasteiger partial charge is 0.220 e. The van der Waals surface area contributed by atoms with Gasteiger partial charge in [-0.2, -0.15) is 0 Å². The maximum atomic E-state index is 11.8. The van der Waals surface area contributed by atoms with Crippen LogP contribution in [0.1, 0.15) is 45.1 Å². The van der Waals surface area contributed by atoms with Crippen molar-refractivity contribution in [3.05, 3.63) is 35.9 Å². The number of alkyl halides is 1. The van der Waals surface area contributed by atoms with E-state index < -0.39 is 0 Å². The molecule has 0 unspecified atom stereocenters. The van der Waals surface area contributed by atoms with Crippen LogP contribution in [0.3, 0.4) is 0 Å². The van der Waals surface area contributed by atoms with Gasteiger partial charge in [0.1, 0.15) is 0 Å². The predicted molar refractivity (Wildman–Crippen MR) is 86.1 cm³/mol. The van der Waals surface area contributed by atoms with E-state index in [1.54, 1.807) is 0 Å². The number of carbonyl (C=O) groups is 1. The Labute approximate surface area is 127 Å². The lowest BCUT2D eigenvalue weighted by Crippen LogP contribution is -2.34. The lowest BCUT2D eigenvalue weighted by molar-refractivity contribution is -0.121. The maximum Gasteiger partial charge on any atom is 0.220 e. The second-order valence-corrected chi connectivity index (χ2v) is 6.45. The molecule has 0 atom stereocenters. The van der Waals surface area contributed by atoms with Crippen LogP contribution < -0.4 is 5.32 Å². The van der Waals surface area contributed by atoms with E-state index in [4.69, 9.17) is 11.6 Å². The molecule has 0 bridgehead atoms. The Balaban J connectivity index is 2.17. The molecule has 1 N–H and O–H groups in total. The molecule has 20 heavy (non-hydrogen) atoms. The van der Waals surface area contributed by atoms with Gasteiger partial charge in [-0.25, -0.2) is 0 Å². The van der Waals surface area contributed by atoms with Crippen molar-refractivity contribution < 1.29 is 4.79 Å². The number of nitrogens with one attached hydrogen (secondary N) is 1. The molecule has 0 saturated heterocycles. The highest BCUT2D eigenvalue weighted by atomic mass is 35.5. The van der Waals surface area contributed by atoms with Gasteiger partial charge in [-0.15, -0.1) is 11.6 Å². The van der Waals surface area contributed by atoms with Crippen molar-refractivity contribution in [2.24, 2.45) is 5.41 Å². The van der Waals surface area contributed by atoms with Crippen LogP contribution in [0.2, 0.25) is 0 Å². The summed E-state index contributed by atoms with van der Waals surface area (Å²) < 4.78 is 0. The fourth-order valence-electron chi connectivity index (χ4n) is 2.16. The summed E-state index contributed by atoms with van der Waals surface area (Å²) in [5.74, 6) is 0.842. The molecule has 0 fully saturated rings. The third-order valence-corrected chi connectivity index (χ3v) is 3.73. The summed E-state index contributed by atoms with van der Waals surface area (Å²) in [4.78, 5) is 11.8. The zero-order valence-electron chi connectivity index (χ0n) is 12.6. The summed E-state index contributed by atoms with van der Waals surface area (Å²) in [7, 11) is 0. The van der Waals surface area contributed by atoms with Gasteiger partial charge in [-0.3, -0.25) is 4.79 Å². The Morgan fingerprint density at radius 1 is 1.20 bits per heavy atom. The van der Waals surface area contributed by atoms with E-state index >= 15 is 0 Å². The van der Waals surface area contributed by atoms with Crippen molar-refractivity contribution in [3.8, 4) is 0 Å². The second-order valence-electron chi connectivity index (χ2n) is 6.07. The highest BCUT2D eigenvalue weighted by Crippen LogP contribution is 2.21. The first-order valence-corrected chi connectivity index (χ1v) is 7.93. The number of benzene rings is 1. The molecule has 0 radical (unpaired) electrons. The fraction of sp³-hybridized carbons (Fsp3) is 0.588. The maximum absolute atomic E-state index is 11.8. The van der Waals surface area contributed by atoms with E-state index in [1.807, 2.05) is 18.2 Å². The zero-order valence-corrected chi connectivity index (χ0v) is 13.4. The molecular formula is C17H26ClNO. The lowest BCUT2D eigenvalue weighted by Gasteiger charge is -2.24. The third kappa shape index (κ3) is 7.54. The van der Waals surface area contributed by atoms with Crippen LogP contribution in [0.15, 0.2) is 30.3 Å². The van der Waals surface area contributed by atoms with E-state index in [0.717, 1.165) is 32.2 Å². The van der Waals surface area contributed by atoms with Crippen LogP contribution in [0.4, 0.5) is 0 Å². The highest BCUT2D eigenvalue weighted by molar-refractivity contribution is 6.17. The quantitative estimate of drug-likeness (QED) is 0.681. The number of rotatable bonds is 9. The van der Waals surface area contributed by atoms with Gasteiger partial charge in [-0.05, 0) is 36.7 Å². The van der Waals surface area contributed by atoms with Crippen molar-refractivity contribution >= 4 is 17.5 Å². The minimum atomic E-state index is 0.129. The average Bonchev–Trinajstić information content (AvgIpc) is 2.44. The van der Waals surface area contributed by atoms with Gasteiger partial charge in [0.05, 0.1) is 0 Å². The van der Waals surface area contributed by atoms with Gasteiger partial charge in [0, 0.05) is 18.8 Å². The minimum Gasteiger partial charge on any atom is -0.356 e. The normalized spacial score (nSPS) is 11.3. The number of amides is 1. The minimum absolute atomic E-state index is 0.129. The highest BCUT2D eigenvalue weighted by Gasteiger charge is 2.17. The molecule has 1 aromatic rings. The number of aryl methyl sites for hydroxylation is 1. The fourth-order valence-corrected chi connectivity index (χ4v) is 2.29. The molecule has 0 saturated carbocycles. The third-order valence-electron chi connectivity index (χ3n) is 3.46. The SMILES string of the molecule is CC(C)(CCCCl)CNC(=O)CCCc1ccccc1. The van der Waals surface area contributed by atoms with E-state index in [2.05, 4.69) is 31.3 Å². The van der Waals surface area contributed by atoms with Crippen molar-refractivity contribution in [2.45, 2.75) is 46.0 Å². The summed E-state index contributed by atoms with van der Waals surface area (Å²) >= 11 is 5.71. The molecule has 0 aliphatic carbocycles. The number of carbonyl (C=O) groups excluding carboxylic acids is 1. The molecular weight excluding hydrogens is 270 g/mol. The van der Waals surface area contributed by atoms with Gasteiger partial charge < -0.3 is 5.32 Å². The van der Waals surface area contributed by atoms with Crippen molar-refractivity contribution in [3.63, 3.8) is 0 Å². The summed E-state index contributed by atoms with van der Waals surface area (Å²) in [6.45, 7) is 5.07. The molecule has 0 aliphatic rings. The summed E-state index contributed by atoms with van der Waals surface area (Å²) in [5.41, 5.74) is 1.42. The standard InChI is InChI=1S/C17H26ClNO/c1-17(2,12-7-13-18)14-19-16(20)11-6-10-15-8-4-3-5-9-15/h3-5,8-9H,6-7,10-14H2,1-2H3,(H,19,20). The zero-order chi connectivity index (χ0) is 14.8. The van der Waals surface area contributed by atoms with Crippen LogP contribution >= 0.6 is 11.6 Å². The Bertz CT molecular complexity index is 389. The van der Waals surface area contributed by atoms with Crippen LogP contribution in [0.25, 0.3) is 0 Å². The summed E-state index contributed by atoms with van der Waals surface area (Å²) in [5, 5.41) is 3.04. The second kappa shape index (κ2) is 9.02. The van der Waals surface area contributed by atoms with E-state index in [9.17, 15) is 4.79 Å². The van der Waals surface area contributed by atoms with E-state index in [0.29, 0.717) is 12.3 Å². The molecule has 0 heterocycles. The van der Waals surface area contributed by atoms with Crippen LogP contribution in [0, 0.1) is 5.41 Å². The van der Waals surface area contributed by atoms with E-state index in [1.165, 1.54) is 5.56 Å². The van der Waals surface area contributed by atoms with Crippen molar-refractivity contribution in [2.75, 3.05) is 12.4 Å². The van der Waals surface area contributed by atoms with Crippen LogP contribution in [-0.2, 0) is 11.2 Å². The van der Waals surface area contributed by atoms with Crippen molar-refractivity contribution in [1.82, 2.24) is 5.32 Å². The molecule has 2 nitrogen and oxygen atoms in total. The van der Waals surface area contributed by atoms with Crippen molar-refractivity contribution in [1.29, 1.82) is 0 Å². The molecule has 3 heteroatoms. The largest absolute Gasteiger partial charge is 0.356 e. The first kappa shape index (κ1) is 17.0. The number of halogens is 1. The van der Waals surface area contributed by atoms with Gasteiger partial charge in [0.15, 0.2) is 0 Å². The molecule has 1 aromatic carbocycles. The monoisotopic (exact) mass is 295 g/mol. The Morgan fingerprint density at radius 2 is 1.90 bits per heavy atom. The van der Waals surface area contributed by atoms with Gasteiger partial charge in [0.25, 0.3) is 0 Å². The van der Waals surface area contributed by atoms with E-state index in [-0.39, 0.29) is 11.3 Å². The van der Waals surface area contributed by atoms with Gasteiger partial charge in [0.2, 0.25) is 5.91 Å². The lowest BCUT2D eigenvalue weighted by atomic mass is 9.88. The summed E-state index contributed by atoms with van der Waals surface area (Å²) in [6, 6.07) is 10.3. The van der Waals surface area contributed by atoms with Gasteiger partial charge >= 0.3 is 0 Å². The molecule has 1 rings (SSSR count). The van der Waals surface area contributed by atoms with Gasteiger partial charge in [-0.1, -0.05) is 44.2 Å². The number of hydrogen-bond acceptors (Lipinski definition) is 1. The first-order chi connectivity index (χ1) is 9.53. The summed E-state index contributed by atoms with van der Waals surface area (Å²) in [6.07, 6.45) is 4.50. The predicted octanol–water partition coefficient (Wildman–Crippen LogP) is 4.17. The van der Waals surface area contributed by atoms with Crippen LogP contribution in [0.5, 0.6) is 0 Å². The first-order valence-electron chi connectivity index (χ1n) is 7.40. The van der Waals surface area contributed by atoms with Crippen LogP contribution in [-0.4, -0.2) is 18.3 Å². The molecule has 112 valence electrons. The number of hydrogen-bond donors (Lipinski definition) is 1.